The van der Waals surface area contributed by atoms with Gasteiger partial charge in [0.25, 0.3) is 5.89 Å². The van der Waals surface area contributed by atoms with Gasteiger partial charge in [0.05, 0.1) is 25.2 Å². The van der Waals surface area contributed by atoms with Gasteiger partial charge >= 0.3 is 0 Å². The summed E-state index contributed by atoms with van der Waals surface area (Å²) in [6, 6.07) is 11.2. The normalized spacial score (nSPS) is 19.5. The molecule has 1 aliphatic carbocycles. The smallest absolute Gasteiger partial charge is 0.276 e. The molecule has 36 heavy (non-hydrogen) atoms. The van der Waals surface area contributed by atoms with Gasteiger partial charge in [-0.05, 0) is 61.4 Å². The summed E-state index contributed by atoms with van der Waals surface area (Å²) in [6.45, 7) is 4.79. The number of benzene rings is 1. The van der Waals surface area contributed by atoms with Gasteiger partial charge in [-0.25, -0.2) is 13.4 Å². The zero-order chi connectivity index (χ0) is 24.8. The molecule has 0 bridgehead atoms. The second kappa shape index (κ2) is 9.04. The van der Waals surface area contributed by atoms with Crippen LogP contribution in [0.1, 0.15) is 25.7 Å². The Balaban J connectivity index is 1.31. The molecule has 4 heterocycles. The number of anilines is 3. The first-order valence-electron chi connectivity index (χ1n) is 12.4. The lowest BCUT2D eigenvalue weighted by Crippen LogP contribution is -2.36. The van der Waals surface area contributed by atoms with Crippen molar-refractivity contribution in [3.63, 3.8) is 0 Å². The summed E-state index contributed by atoms with van der Waals surface area (Å²) in [5.41, 5.74) is 3.37. The van der Waals surface area contributed by atoms with E-state index in [0.717, 1.165) is 62.3 Å². The summed E-state index contributed by atoms with van der Waals surface area (Å²) in [5.74, 6) is 1.66. The molecule has 11 heteroatoms. The van der Waals surface area contributed by atoms with Crippen LogP contribution in [0.5, 0.6) is 0 Å². The van der Waals surface area contributed by atoms with Gasteiger partial charge in [-0.2, -0.15) is 4.98 Å². The summed E-state index contributed by atoms with van der Waals surface area (Å²) in [7, 11) is -3.39. The standard InChI is InChI=1S/C25H30N6O4S/c1-36(32,33)29-18-5-6-19(21(17-18)30-11-9-25(7-8-25)10-12-30)23-27-24(35-28-23)20-3-2-4-22(26-20)31-13-15-34-16-14-31/h2-6,17,29H,7-16H2,1H3. The number of ether oxygens (including phenoxy) is 1. The van der Waals surface area contributed by atoms with Crippen molar-refractivity contribution in [3.05, 3.63) is 36.4 Å². The third kappa shape index (κ3) is 4.90. The van der Waals surface area contributed by atoms with Gasteiger partial charge < -0.3 is 19.1 Å². The van der Waals surface area contributed by atoms with Gasteiger partial charge in [0.1, 0.15) is 11.5 Å². The van der Waals surface area contributed by atoms with Gasteiger partial charge in [-0.3, -0.25) is 4.72 Å². The van der Waals surface area contributed by atoms with Crippen molar-refractivity contribution >= 4 is 27.2 Å². The number of piperidine rings is 1. The molecular weight excluding hydrogens is 480 g/mol. The highest BCUT2D eigenvalue weighted by Gasteiger charge is 2.44. The highest BCUT2D eigenvalue weighted by molar-refractivity contribution is 7.92. The SMILES string of the molecule is CS(=O)(=O)Nc1ccc(-c2noc(-c3cccc(N4CCOCC4)n3)n2)c(N2CCC3(CC2)CC3)c1. The van der Waals surface area contributed by atoms with Gasteiger partial charge in [-0.1, -0.05) is 11.2 Å². The number of morpholine rings is 1. The molecule has 0 unspecified atom stereocenters. The molecule has 0 atom stereocenters. The lowest BCUT2D eigenvalue weighted by molar-refractivity contribution is 0.122. The Labute approximate surface area is 210 Å². The van der Waals surface area contributed by atoms with E-state index in [1.807, 2.05) is 30.3 Å². The monoisotopic (exact) mass is 510 g/mol. The van der Waals surface area contributed by atoms with E-state index in [2.05, 4.69) is 24.7 Å². The lowest BCUT2D eigenvalue weighted by Gasteiger charge is -2.35. The van der Waals surface area contributed by atoms with Crippen LogP contribution >= 0.6 is 0 Å². The Morgan fingerprint density at radius 3 is 2.44 bits per heavy atom. The Morgan fingerprint density at radius 2 is 1.72 bits per heavy atom. The van der Waals surface area contributed by atoms with Gasteiger partial charge in [-0.15, -0.1) is 0 Å². The van der Waals surface area contributed by atoms with Crippen LogP contribution in [0.3, 0.4) is 0 Å². The minimum atomic E-state index is -3.39. The van der Waals surface area contributed by atoms with E-state index < -0.39 is 10.0 Å². The van der Waals surface area contributed by atoms with Crippen LogP contribution in [-0.4, -0.2) is 69.2 Å². The van der Waals surface area contributed by atoms with Crippen molar-refractivity contribution in [2.24, 2.45) is 5.41 Å². The zero-order valence-electron chi connectivity index (χ0n) is 20.3. The fraction of sp³-hybridized carbons (Fsp3) is 0.480. The quantitative estimate of drug-likeness (QED) is 0.533. The van der Waals surface area contributed by atoms with Gasteiger partial charge in [0.15, 0.2) is 0 Å². The van der Waals surface area contributed by atoms with E-state index in [4.69, 9.17) is 14.2 Å². The Bertz CT molecular complexity index is 1350. The summed E-state index contributed by atoms with van der Waals surface area (Å²) >= 11 is 0. The summed E-state index contributed by atoms with van der Waals surface area (Å²) in [4.78, 5) is 13.9. The third-order valence-electron chi connectivity index (χ3n) is 7.38. The summed E-state index contributed by atoms with van der Waals surface area (Å²) in [6.07, 6.45) is 6.07. The largest absolute Gasteiger partial charge is 0.378 e. The number of pyridine rings is 1. The third-order valence-corrected chi connectivity index (χ3v) is 7.98. The van der Waals surface area contributed by atoms with E-state index in [1.165, 1.54) is 12.8 Å². The minimum Gasteiger partial charge on any atom is -0.378 e. The maximum Gasteiger partial charge on any atom is 0.276 e. The maximum absolute atomic E-state index is 11.9. The number of rotatable bonds is 6. The highest BCUT2D eigenvalue weighted by Crippen LogP contribution is 2.54. The molecule has 1 N–H and O–H groups in total. The Hall–Kier alpha value is -3.18. The first-order chi connectivity index (χ1) is 17.4. The minimum absolute atomic E-state index is 0.347. The summed E-state index contributed by atoms with van der Waals surface area (Å²) < 4.78 is 37.4. The zero-order valence-corrected chi connectivity index (χ0v) is 21.1. The van der Waals surface area contributed by atoms with Crippen molar-refractivity contribution in [3.8, 4) is 23.0 Å². The summed E-state index contributed by atoms with van der Waals surface area (Å²) in [5, 5.41) is 4.28. The molecule has 1 saturated carbocycles. The molecule has 1 spiro atoms. The van der Waals surface area contributed by atoms with Crippen LogP contribution in [0.2, 0.25) is 0 Å². The molecule has 190 valence electrons. The van der Waals surface area contributed by atoms with Crippen LogP contribution in [0, 0.1) is 5.41 Å². The molecular formula is C25H30N6O4S. The molecule has 2 saturated heterocycles. The second-order valence-corrected chi connectivity index (χ2v) is 11.7. The molecule has 3 aliphatic rings. The average molecular weight is 511 g/mol. The van der Waals surface area contributed by atoms with E-state index in [-0.39, 0.29) is 0 Å². The molecule has 3 fully saturated rings. The van der Waals surface area contributed by atoms with E-state index in [1.54, 1.807) is 6.07 Å². The number of aromatic nitrogens is 3. The first kappa shape index (κ1) is 23.2. The van der Waals surface area contributed by atoms with Crippen molar-refractivity contribution in [2.45, 2.75) is 25.7 Å². The van der Waals surface area contributed by atoms with E-state index >= 15 is 0 Å². The average Bonchev–Trinajstić information content (AvgIpc) is 3.44. The van der Waals surface area contributed by atoms with Crippen LogP contribution in [0.15, 0.2) is 40.9 Å². The molecule has 10 nitrogen and oxygen atoms in total. The lowest BCUT2D eigenvalue weighted by atomic mass is 9.93. The van der Waals surface area contributed by atoms with E-state index in [9.17, 15) is 8.42 Å². The van der Waals surface area contributed by atoms with E-state index in [0.29, 0.717) is 41.7 Å². The Kier molecular flexibility index (Phi) is 5.83. The van der Waals surface area contributed by atoms with Crippen LogP contribution in [-0.2, 0) is 14.8 Å². The van der Waals surface area contributed by atoms with Crippen LogP contribution in [0.25, 0.3) is 23.0 Å². The molecule has 0 amide bonds. The van der Waals surface area contributed by atoms with Crippen molar-refractivity contribution in [2.75, 3.05) is 60.2 Å². The number of hydrogen-bond donors (Lipinski definition) is 1. The maximum atomic E-state index is 11.9. The molecule has 2 aliphatic heterocycles. The van der Waals surface area contributed by atoms with Gasteiger partial charge in [0.2, 0.25) is 15.8 Å². The van der Waals surface area contributed by atoms with Crippen molar-refractivity contribution in [1.82, 2.24) is 15.1 Å². The molecule has 3 aromatic rings. The number of nitrogens with zero attached hydrogens (tertiary/aromatic N) is 5. The van der Waals surface area contributed by atoms with Crippen molar-refractivity contribution in [1.29, 1.82) is 0 Å². The predicted molar refractivity (Wildman–Crippen MR) is 138 cm³/mol. The number of nitrogens with one attached hydrogen (secondary N) is 1. The predicted octanol–water partition coefficient (Wildman–Crippen LogP) is 3.39. The molecule has 2 aromatic heterocycles. The molecule has 6 rings (SSSR count). The fourth-order valence-electron chi connectivity index (χ4n) is 5.11. The molecule has 1 aromatic carbocycles. The topological polar surface area (TPSA) is 114 Å². The van der Waals surface area contributed by atoms with Crippen molar-refractivity contribution < 1.29 is 17.7 Å². The van der Waals surface area contributed by atoms with Crippen LogP contribution in [0.4, 0.5) is 17.2 Å². The Morgan fingerprint density at radius 1 is 0.944 bits per heavy atom. The molecule has 0 radical (unpaired) electrons. The number of sulfonamides is 1. The highest BCUT2D eigenvalue weighted by atomic mass is 32.2. The second-order valence-electron chi connectivity index (χ2n) is 10.00. The first-order valence-corrected chi connectivity index (χ1v) is 14.3. The van der Waals surface area contributed by atoms with Crippen LogP contribution < -0.4 is 14.5 Å². The fourth-order valence-corrected chi connectivity index (χ4v) is 5.66. The number of hydrogen-bond acceptors (Lipinski definition) is 9. The van der Waals surface area contributed by atoms with Gasteiger partial charge in [0, 0.05) is 37.4 Å².